The predicted octanol–water partition coefficient (Wildman–Crippen LogP) is 1.94. The number of carbonyl (C=O) groups is 3. The summed E-state index contributed by atoms with van der Waals surface area (Å²) in [5.41, 5.74) is 0.247. The summed E-state index contributed by atoms with van der Waals surface area (Å²) >= 11 is 0. The lowest BCUT2D eigenvalue weighted by molar-refractivity contribution is -0.104. The number of Topliss-reactive ketones (excluding diaryl/α,β-unsaturated/α-hetero) is 1. The average Bonchev–Trinajstić information content (AvgIpc) is 2.84. The normalized spacial score (nSPS) is 10.2. The molecule has 0 saturated carbocycles. The first-order chi connectivity index (χ1) is 9.92. The van der Waals surface area contributed by atoms with Crippen molar-refractivity contribution in [3.8, 4) is 0 Å². The second kappa shape index (κ2) is 5.66. The van der Waals surface area contributed by atoms with Gasteiger partial charge in [0.25, 0.3) is 5.91 Å². The van der Waals surface area contributed by atoms with E-state index in [1.807, 2.05) is 0 Å². The highest BCUT2D eigenvalue weighted by Gasteiger charge is 2.16. The fourth-order valence-corrected chi connectivity index (χ4v) is 1.76. The second-order valence-corrected chi connectivity index (χ2v) is 4.29. The van der Waals surface area contributed by atoms with Gasteiger partial charge in [0, 0.05) is 30.6 Å². The van der Waals surface area contributed by atoms with Crippen molar-refractivity contribution in [1.82, 2.24) is 4.57 Å². The SMILES string of the molecule is Cn1cc(C(=O)C=O)cc1C(=O)Nc1ccc(F)c(F)c1. The Bertz CT molecular complexity index is 738. The molecule has 7 heteroatoms. The Morgan fingerprint density at radius 1 is 1.19 bits per heavy atom. The fourth-order valence-electron chi connectivity index (χ4n) is 1.76. The standard InChI is InChI=1S/C14H10F2N2O3/c1-18-6-8(13(20)7-19)4-12(18)14(21)17-9-2-3-10(15)11(16)5-9/h2-7H,1H3,(H,17,21). The minimum atomic E-state index is -1.09. The third-order valence-electron chi connectivity index (χ3n) is 2.81. The number of rotatable bonds is 4. The molecule has 1 amide bonds. The zero-order valence-electron chi connectivity index (χ0n) is 10.9. The van der Waals surface area contributed by atoms with Crippen LogP contribution in [0.25, 0.3) is 0 Å². The van der Waals surface area contributed by atoms with Crippen molar-refractivity contribution in [2.24, 2.45) is 7.05 Å². The number of aryl methyl sites for hydroxylation is 1. The lowest BCUT2D eigenvalue weighted by Gasteiger charge is -2.06. The Labute approximate surface area is 118 Å². The van der Waals surface area contributed by atoms with Crippen LogP contribution >= 0.6 is 0 Å². The number of nitrogens with one attached hydrogen (secondary N) is 1. The highest BCUT2D eigenvalue weighted by atomic mass is 19.2. The summed E-state index contributed by atoms with van der Waals surface area (Å²) in [6.07, 6.45) is 1.48. The summed E-state index contributed by atoms with van der Waals surface area (Å²) in [5, 5.41) is 2.37. The van der Waals surface area contributed by atoms with Crippen molar-refractivity contribution in [2.45, 2.75) is 0 Å². The van der Waals surface area contributed by atoms with Gasteiger partial charge >= 0.3 is 0 Å². The molecule has 0 fully saturated rings. The number of halogens is 2. The van der Waals surface area contributed by atoms with Gasteiger partial charge in [0.15, 0.2) is 17.9 Å². The van der Waals surface area contributed by atoms with Crippen molar-refractivity contribution in [1.29, 1.82) is 0 Å². The van der Waals surface area contributed by atoms with E-state index in [0.29, 0.717) is 0 Å². The minimum absolute atomic E-state index is 0.0722. The number of benzene rings is 1. The van der Waals surface area contributed by atoms with Crippen LogP contribution in [0.2, 0.25) is 0 Å². The fraction of sp³-hybridized carbons (Fsp3) is 0.0714. The molecule has 0 bridgehead atoms. The van der Waals surface area contributed by atoms with Crippen molar-refractivity contribution >= 4 is 23.7 Å². The van der Waals surface area contributed by atoms with Crippen LogP contribution < -0.4 is 5.32 Å². The highest BCUT2D eigenvalue weighted by Crippen LogP contribution is 2.15. The van der Waals surface area contributed by atoms with Crippen LogP contribution in [0.3, 0.4) is 0 Å². The Hall–Kier alpha value is -2.83. The summed E-state index contributed by atoms with van der Waals surface area (Å²) in [6, 6.07) is 4.17. The van der Waals surface area contributed by atoms with Crippen LogP contribution in [0.4, 0.5) is 14.5 Å². The van der Waals surface area contributed by atoms with E-state index in [1.165, 1.54) is 29.9 Å². The maximum atomic E-state index is 13.1. The molecule has 0 saturated heterocycles. The van der Waals surface area contributed by atoms with Crippen LogP contribution in [0.1, 0.15) is 20.8 Å². The molecule has 108 valence electrons. The third kappa shape index (κ3) is 3.02. The molecule has 0 aliphatic carbocycles. The van der Waals surface area contributed by atoms with Gasteiger partial charge in [0.1, 0.15) is 5.69 Å². The molecular formula is C14H10F2N2O3. The van der Waals surface area contributed by atoms with E-state index in [2.05, 4.69) is 5.32 Å². The van der Waals surface area contributed by atoms with Crippen molar-refractivity contribution in [3.05, 3.63) is 53.4 Å². The van der Waals surface area contributed by atoms with Gasteiger partial charge in [-0.25, -0.2) is 8.78 Å². The van der Waals surface area contributed by atoms with Crippen LogP contribution in [0, 0.1) is 11.6 Å². The van der Waals surface area contributed by atoms with Crippen LogP contribution in [0.15, 0.2) is 30.5 Å². The molecule has 1 aromatic heterocycles. The zero-order valence-corrected chi connectivity index (χ0v) is 10.9. The lowest BCUT2D eigenvalue weighted by Crippen LogP contribution is -2.15. The Morgan fingerprint density at radius 3 is 2.52 bits per heavy atom. The molecule has 1 aromatic carbocycles. The van der Waals surface area contributed by atoms with Gasteiger partial charge in [-0.3, -0.25) is 14.4 Å². The van der Waals surface area contributed by atoms with Crippen molar-refractivity contribution < 1.29 is 23.2 Å². The van der Waals surface area contributed by atoms with Gasteiger partial charge in [0.05, 0.1) is 0 Å². The maximum absolute atomic E-state index is 13.1. The molecule has 0 aliphatic rings. The number of carbonyl (C=O) groups excluding carboxylic acids is 3. The number of aldehydes is 1. The van der Waals surface area contributed by atoms with Gasteiger partial charge in [-0.1, -0.05) is 0 Å². The topological polar surface area (TPSA) is 68.2 Å². The molecule has 0 aliphatic heterocycles. The first-order valence-electron chi connectivity index (χ1n) is 5.84. The number of anilines is 1. The first-order valence-corrected chi connectivity index (χ1v) is 5.84. The van der Waals surface area contributed by atoms with Crippen LogP contribution in [-0.4, -0.2) is 22.5 Å². The Balaban J connectivity index is 2.24. The molecule has 1 N–H and O–H groups in total. The molecule has 0 unspecified atom stereocenters. The third-order valence-corrected chi connectivity index (χ3v) is 2.81. The van der Waals surface area contributed by atoms with Gasteiger partial charge in [-0.2, -0.15) is 0 Å². The smallest absolute Gasteiger partial charge is 0.272 e. The molecule has 5 nitrogen and oxygen atoms in total. The summed E-state index contributed by atoms with van der Waals surface area (Å²) in [6.45, 7) is 0. The van der Waals surface area contributed by atoms with E-state index in [-0.39, 0.29) is 23.2 Å². The predicted molar refractivity (Wildman–Crippen MR) is 70.1 cm³/mol. The van der Waals surface area contributed by atoms with Crippen molar-refractivity contribution in [3.63, 3.8) is 0 Å². The quantitative estimate of drug-likeness (QED) is 0.532. The zero-order chi connectivity index (χ0) is 15.6. The number of ketones is 1. The lowest BCUT2D eigenvalue weighted by atomic mass is 10.2. The van der Waals surface area contributed by atoms with E-state index < -0.39 is 23.3 Å². The van der Waals surface area contributed by atoms with Gasteiger partial charge in [-0.15, -0.1) is 0 Å². The van der Waals surface area contributed by atoms with E-state index in [0.717, 1.165) is 12.1 Å². The molecule has 2 rings (SSSR count). The number of hydrogen-bond donors (Lipinski definition) is 1. The average molecular weight is 292 g/mol. The summed E-state index contributed by atoms with van der Waals surface area (Å²) in [7, 11) is 1.52. The molecule has 21 heavy (non-hydrogen) atoms. The van der Waals surface area contributed by atoms with Crippen LogP contribution in [-0.2, 0) is 11.8 Å². The van der Waals surface area contributed by atoms with Gasteiger partial charge < -0.3 is 9.88 Å². The number of nitrogens with zero attached hydrogens (tertiary/aromatic N) is 1. The van der Waals surface area contributed by atoms with Gasteiger partial charge in [0.2, 0.25) is 5.78 Å². The molecule has 0 atom stereocenters. The van der Waals surface area contributed by atoms with E-state index in [9.17, 15) is 23.2 Å². The number of aromatic nitrogens is 1. The highest BCUT2D eigenvalue weighted by molar-refractivity contribution is 6.33. The summed E-state index contributed by atoms with van der Waals surface area (Å²) in [4.78, 5) is 33.7. The molecule has 2 aromatic rings. The Kier molecular flexibility index (Phi) is 3.93. The molecule has 0 radical (unpaired) electrons. The van der Waals surface area contributed by atoms with Crippen LogP contribution in [0.5, 0.6) is 0 Å². The summed E-state index contributed by atoms with van der Waals surface area (Å²) < 4.78 is 27.2. The van der Waals surface area contributed by atoms with Crippen molar-refractivity contribution in [2.75, 3.05) is 5.32 Å². The minimum Gasteiger partial charge on any atom is -0.346 e. The monoisotopic (exact) mass is 292 g/mol. The largest absolute Gasteiger partial charge is 0.346 e. The van der Waals surface area contributed by atoms with E-state index in [1.54, 1.807) is 0 Å². The molecule has 0 spiro atoms. The molecule has 1 heterocycles. The van der Waals surface area contributed by atoms with E-state index >= 15 is 0 Å². The second-order valence-electron chi connectivity index (χ2n) is 4.29. The number of amides is 1. The number of hydrogen-bond acceptors (Lipinski definition) is 3. The summed E-state index contributed by atoms with van der Waals surface area (Å²) in [5.74, 6) is -3.48. The maximum Gasteiger partial charge on any atom is 0.272 e. The Morgan fingerprint density at radius 2 is 1.90 bits per heavy atom. The van der Waals surface area contributed by atoms with E-state index in [4.69, 9.17) is 0 Å². The molecular weight excluding hydrogens is 282 g/mol. The van der Waals surface area contributed by atoms with Gasteiger partial charge in [-0.05, 0) is 18.2 Å². The first kappa shape index (κ1) is 14.6.